The summed E-state index contributed by atoms with van der Waals surface area (Å²) in [5.41, 5.74) is 5.73. The lowest BCUT2D eigenvalue weighted by Crippen LogP contribution is -2.50. The molecule has 110 valence electrons. The van der Waals surface area contributed by atoms with Gasteiger partial charge in [-0.05, 0) is 46.1 Å². The Balaban J connectivity index is 2.50. The van der Waals surface area contributed by atoms with Crippen molar-refractivity contribution in [2.24, 2.45) is 17.6 Å². The predicted octanol–water partition coefficient (Wildman–Crippen LogP) is 0.781. The first kappa shape index (κ1) is 16.0. The van der Waals surface area contributed by atoms with E-state index >= 15 is 0 Å². The highest BCUT2D eigenvalue weighted by Crippen LogP contribution is 2.29. The van der Waals surface area contributed by atoms with Crippen LogP contribution in [0, 0.1) is 11.8 Å². The van der Waals surface area contributed by atoms with Crippen molar-refractivity contribution < 1.29 is 9.59 Å². The van der Waals surface area contributed by atoms with E-state index < -0.39 is 6.04 Å². The Hall–Kier alpha value is -1.10. The molecule has 0 aliphatic heterocycles. The van der Waals surface area contributed by atoms with Crippen LogP contribution in [0.4, 0.5) is 0 Å². The Kier molecular flexibility index (Phi) is 6.28. The summed E-state index contributed by atoms with van der Waals surface area (Å²) in [6, 6.07) is -0.409. The number of nitrogens with one attached hydrogen (secondary N) is 2. The molecule has 0 radical (unpaired) electrons. The van der Waals surface area contributed by atoms with Crippen molar-refractivity contribution in [2.75, 3.05) is 6.54 Å². The normalized spacial score (nSPS) is 24.9. The van der Waals surface area contributed by atoms with E-state index in [9.17, 15) is 9.59 Å². The lowest BCUT2D eigenvalue weighted by Gasteiger charge is -2.30. The molecule has 1 fully saturated rings. The van der Waals surface area contributed by atoms with E-state index in [1.54, 1.807) is 6.92 Å². The quantitative estimate of drug-likeness (QED) is 0.689. The maximum Gasteiger partial charge on any atom is 0.242 e. The smallest absolute Gasteiger partial charge is 0.242 e. The van der Waals surface area contributed by atoms with Crippen LogP contribution in [0.2, 0.25) is 0 Å². The third-order valence-electron chi connectivity index (χ3n) is 3.73. The molecular formula is C14H27N3O2. The number of carbonyl (C=O) groups excluding carboxylic acids is 2. The topological polar surface area (TPSA) is 84.2 Å². The fourth-order valence-corrected chi connectivity index (χ4v) is 2.63. The molecule has 2 amide bonds. The molecule has 3 atom stereocenters. The van der Waals surface area contributed by atoms with Gasteiger partial charge >= 0.3 is 0 Å². The van der Waals surface area contributed by atoms with E-state index in [0.29, 0.717) is 6.54 Å². The highest BCUT2D eigenvalue weighted by molar-refractivity contribution is 5.88. The monoisotopic (exact) mass is 269 g/mol. The van der Waals surface area contributed by atoms with Crippen LogP contribution >= 0.6 is 0 Å². The zero-order chi connectivity index (χ0) is 14.4. The van der Waals surface area contributed by atoms with Gasteiger partial charge in [0.1, 0.15) is 6.04 Å². The molecule has 5 nitrogen and oxygen atoms in total. The van der Waals surface area contributed by atoms with Crippen molar-refractivity contribution in [1.82, 2.24) is 10.6 Å². The van der Waals surface area contributed by atoms with E-state index in [2.05, 4.69) is 10.6 Å². The molecule has 1 rings (SSSR count). The minimum atomic E-state index is -0.491. The summed E-state index contributed by atoms with van der Waals surface area (Å²) in [4.78, 5) is 24.0. The Morgan fingerprint density at radius 1 is 1.16 bits per heavy atom. The van der Waals surface area contributed by atoms with Gasteiger partial charge in [0.25, 0.3) is 0 Å². The van der Waals surface area contributed by atoms with Crippen LogP contribution in [0.25, 0.3) is 0 Å². The molecule has 4 N–H and O–H groups in total. The van der Waals surface area contributed by atoms with Crippen LogP contribution in [0.5, 0.6) is 0 Å². The van der Waals surface area contributed by atoms with Crippen molar-refractivity contribution in [1.29, 1.82) is 0 Å². The number of carbonyl (C=O) groups is 2. The second-order valence-corrected chi connectivity index (χ2v) is 5.78. The maximum atomic E-state index is 12.2. The van der Waals surface area contributed by atoms with Gasteiger partial charge in [-0.25, -0.2) is 0 Å². The first-order chi connectivity index (χ1) is 8.95. The summed E-state index contributed by atoms with van der Waals surface area (Å²) in [5, 5.41) is 5.61. The third kappa shape index (κ3) is 4.82. The van der Waals surface area contributed by atoms with E-state index in [-0.39, 0.29) is 29.7 Å². The Morgan fingerprint density at radius 2 is 1.79 bits per heavy atom. The summed E-state index contributed by atoms with van der Waals surface area (Å²) in [6.45, 7) is 6.07. The van der Waals surface area contributed by atoms with E-state index in [1.807, 2.05) is 13.8 Å². The van der Waals surface area contributed by atoms with Gasteiger partial charge in [-0.1, -0.05) is 12.8 Å². The SMILES string of the molecule is CC(C)NC(=O)C(C)NC(=O)C1CCCCC1CN. The Bertz CT molecular complexity index is 318. The average Bonchev–Trinajstić information content (AvgIpc) is 2.37. The van der Waals surface area contributed by atoms with Crippen molar-refractivity contribution >= 4 is 11.8 Å². The summed E-state index contributed by atoms with van der Waals surface area (Å²) in [7, 11) is 0. The largest absolute Gasteiger partial charge is 0.352 e. The first-order valence-electron chi connectivity index (χ1n) is 7.26. The molecule has 0 bridgehead atoms. The lowest BCUT2D eigenvalue weighted by atomic mass is 9.78. The molecule has 3 unspecified atom stereocenters. The molecule has 1 aliphatic rings. The maximum absolute atomic E-state index is 12.2. The molecule has 0 saturated heterocycles. The average molecular weight is 269 g/mol. The van der Waals surface area contributed by atoms with Gasteiger partial charge in [0.2, 0.25) is 11.8 Å². The van der Waals surface area contributed by atoms with Crippen molar-refractivity contribution in [3.63, 3.8) is 0 Å². The standard InChI is InChI=1S/C14H27N3O2/c1-9(2)16-13(18)10(3)17-14(19)12-7-5-4-6-11(12)8-15/h9-12H,4-8,15H2,1-3H3,(H,16,18)(H,17,19). The van der Waals surface area contributed by atoms with Crippen molar-refractivity contribution in [3.8, 4) is 0 Å². The van der Waals surface area contributed by atoms with Crippen LogP contribution in [-0.4, -0.2) is 30.4 Å². The number of nitrogens with two attached hydrogens (primary N) is 1. The van der Waals surface area contributed by atoms with E-state index in [0.717, 1.165) is 25.7 Å². The molecule has 0 aromatic carbocycles. The number of hydrogen-bond donors (Lipinski definition) is 3. The summed E-state index contributed by atoms with van der Waals surface area (Å²) < 4.78 is 0. The molecule has 1 aliphatic carbocycles. The lowest BCUT2D eigenvalue weighted by molar-refractivity contribution is -0.132. The van der Waals surface area contributed by atoms with E-state index in [4.69, 9.17) is 5.73 Å². The second kappa shape index (κ2) is 7.48. The molecule has 5 heteroatoms. The molecule has 0 spiro atoms. The summed E-state index contributed by atoms with van der Waals surface area (Å²) >= 11 is 0. The molecular weight excluding hydrogens is 242 g/mol. The number of rotatable bonds is 5. The summed E-state index contributed by atoms with van der Waals surface area (Å²) in [5.74, 6) is 0.0622. The Labute approximate surface area is 115 Å². The Morgan fingerprint density at radius 3 is 2.37 bits per heavy atom. The zero-order valence-electron chi connectivity index (χ0n) is 12.2. The highest BCUT2D eigenvalue weighted by Gasteiger charge is 2.31. The highest BCUT2D eigenvalue weighted by atomic mass is 16.2. The molecule has 19 heavy (non-hydrogen) atoms. The van der Waals surface area contributed by atoms with Gasteiger partial charge in [-0.2, -0.15) is 0 Å². The predicted molar refractivity (Wildman–Crippen MR) is 75.4 cm³/mol. The second-order valence-electron chi connectivity index (χ2n) is 5.78. The molecule has 0 aromatic rings. The van der Waals surface area contributed by atoms with Crippen LogP contribution in [-0.2, 0) is 9.59 Å². The fraction of sp³-hybridized carbons (Fsp3) is 0.857. The fourth-order valence-electron chi connectivity index (χ4n) is 2.63. The third-order valence-corrected chi connectivity index (χ3v) is 3.73. The van der Waals surface area contributed by atoms with Crippen LogP contribution in [0.1, 0.15) is 46.5 Å². The molecule has 1 saturated carbocycles. The van der Waals surface area contributed by atoms with Crippen molar-refractivity contribution in [3.05, 3.63) is 0 Å². The van der Waals surface area contributed by atoms with Crippen LogP contribution < -0.4 is 16.4 Å². The van der Waals surface area contributed by atoms with Gasteiger partial charge in [-0.15, -0.1) is 0 Å². The van der Waals surface area contributed by atoms with Gasteiger partial charge < -0.3 is 16.4 Å². The summed E-state index contributed by atoms with van der Waals surface area (Å²) in [6.07, 6.45) is 4.11. The first-order valence-corrected chi connectivity index (χ1v) is 7.26. The minimum absolute atomic E-state index is 0.0263. The zero-order valence-corrected chi connectivity index (χ0v) is 12.2. The van der Waals surface area contributed by atoms with Gasteiger partial charge in [0.15, 0.2) is 0 Å². The number of amides is 2. The molecule has 0 heterocycles. The number of hydrogen-bond acceptors (Lipinski definition) is 3. The van der Waals surface area contributed by atoms with Crippen LogP contribution in [0.15, 0.2) is 0 Å². The minimum Gasteiger partial charge on any atom is -0.352 e. The van der Waals surface area contributed by atoms with Crippen molar-refractivity contribution in [2.45, 2.75) is 58.5 Å². The molecule has 0 aromatic heterocycles. The van der Waals surface area contributed by atoms with E-state index in [1.165, 1.54) is 0 Å². The van der Waals surface area contributed by atoms with Gasteiger partial charge in [0, 0.05) is 12.0 Å². The van der Waals surface area contributed by atoms with Gasteiger partial charge in [0.05, 0.1) is 0 Å². The van der Waals surface area contributed by atoms with Gasteiger partial charge in [-0.3, -0.25) is 9.59 Å². The van der Waals surface area contributed by atoms with Crippen LogP contribution in [0.3, 0.4) is 0 Å².